The van der Waals surface area contributed by atoms with E-state index in [1.165, 1.54) is 0 Å². The number of phenolic OH excluding ortho intramolecular Hbond substituents is 2. The maximum atomic E-state index is 10.4. The van der Waals surface area contributed by atoms with Gasteiger partial charge in [0, 0.05) is 32.2 Å². The fourth-order valence-corrected chi connectivity index (χ4v) is 3.05. The van der Waals surface area contributed by atoms with Crippen molar-refractivity contribution in [1.82, 2.24) is 0 Å². The Bertz CT molecular complexity index is 925. The number of benzene rings is 4. The van der Waals surface area contributed by atoms with Crippen LogP contribution in [0.4, 0.5) is 0 Å². The van der Waals surface area contributed by atoms with Gasteiger partial charge in [-0.2, -0.15) is 0 Å². The van der Waals surface area contributed by atoms with Crippen LogP contribution in [0.1, 0.15) is 0 Å². The van der Waals surface area contributed by atoms with E-state index in [1.807, 2.05) is 60.7 Å². The van der Waals surface area contributed by atoms with Crippen LogP contribution in [-0.4, -0.2) is 10.2 Å². The smallest absolute Gasteiger partial charge is 0.124 e. The number of fused-ring (bicyclic) bond motifs is 2. The van der Waals surface area contributed by atoms with E-state index in [1.54, 1.807) is 12.1 Å². The first-order valence-electron chi connectivity index (χ1n) is 7.17. The standard InChI is InChI=1S/C20H14O2.W/c21-17-11-9-13-5-1-3-7-15(13)19(17)20-16-8-4-2-6-14(16)10-12-18(20)22;/h1-12,21-22H;. The van der Waals surface area contributed by atoms with Crippen molar-refractivity contribution in [1.29, 1.82) is 0 Å². The molecule has 4 aromatic rings. The minimum absolute atomic E-state index is 0. The second-order valence-corrected chi connectivity index (χ2v) is 5.36. The van der Waals surface area contributed by atoms with Crippen LogP contribution in [0.2, 0.25) is 0 Å². The maximum absolute atomic E-state index is 10.4. The van der Waals surface area contributed by atoms with Gasteiger partial charge in [-0.25, -0.2) is 0 Å². The third-order valence-electron chi connectivity index (χ3n) is 4.06. The van der Waals surface area contributed by atoms with E-state index < -0.39 is 0 Å². The SMILES string of the molecule is Oc1ccc2ccccc2c1-c1c(O)ccc2ccccc12.[W]. The molecule has 0 radical (unpaired) electrons. The van der Waals surface area contributed by atoms with E-state index in [9.17, 15) is 10.2 Å². The molecule has 3 heteroatoms. The molecule has 23 heavy (non-hydrogen) atoms. The molecule has 0 unspecified atom stereocenters. The van der Waals surface area contributed by atoms with Crippen molar-refractivity contribution in [3.63, 3.8) is 0 Å². The van der Waals surface area contributed by atoms with E-state index in [-0.39, 0.29) is 32.6 Å². The Balaban J connectivity index is 0.00000156. The van der Waals surface area contributed by atoms with Crippen molar-refractivity contribution in [2.45, 2.75) is 0 Å². The summed E-state index contributed by atoms with van der Waals surface area (Å²) in [7, 11) is 0. The van der Waals surface area contributed by atoms with Crippen LogP contribution >= 0.6 is 0 Å². The fraction of sp³-hybridized carbons (Fsp3) is 0. The van der Waals surface area contributed by atoms with Crippen LogP contribution in [0.15, 0.2) is 72.8 Å². The van der Waals surface area contributed by atoms with Crippen LogP contribution in [0.3, 0.4) is 0 Å². The normalized spacial score (nSPS) is 10.6. The third kappa shape index (κ3) is 2.50. The molecule has 4 rings (SSSR count). The van der Waals surface area contributed by atoms with Crippen LogP contribution in [-0.2, 0) is 21.1 Å². The third-order valence-corrected chi connectivity index (χ3v) is 4.06. The second kappa shape index (κ2) is 6.06. The molecule has 0 fully saturated rings. The molecular weight excluding hydrogens is 456 g/mol. The first-order chi connectivity index (χ1) is 10.8. The molecule has 2 nitrogen and oxygen atoms in total. The average Bonchev–Trinajstić information content (AvgIpc) is 2.56. The van der Waals surface area contributed by atoms with Crippen LogP contribution in [0.5, 0.6) is 11.5 Å². The largest absolute Gasteiger partial charge is 0.507 e. The Labute approximate surface area is 148 Å². The molecule has 0 spiro atoms. The molecule has 0 aliphatic heterocycles. The quantitative estimate of drug-likeness (QED) is 0.408. The summed E-state index contributed by atoms with van der Waals surface area (Å²) in [5, 5.41) is 24.8. The van der Waals surface area contributed by atoms with Gasteiger partial charge in [-0.05, 0) is 33.7 Å². The summed E-state index contributed by atoms with van der Waals surface area (Å²) in [4.78, 5) is 0. The number of hydrogen-bond donors (Lipinski definition) is 2. The fourth-order valence-electron chi connectivity index (χ4n) is 3.05. The number of hydrogen-bond acceptors (Lipinski definition) is 2. The van der Waals surface area contributed by atoms with Gasteiger partial charge in [0.2, 0.25) is 0 Å². The molecule has 0 saturated carbocycles. The molecule has 0 amide bonds. The van der Waals surface area contributed by atoms with Crippen molar-refractivity contribution in [3.8, 4) is 22.6 Å². The molecule has 2 N–H and O–H groups in total. The molecule has 0 heterocycles. The summed E-state index contributed by atoms with van der Waals surface area (Å²) < 4.78 is 0. The van der Waals surface area contributed by atoms with Gasteiger partial charge >= 0.3 is 0 Å². The Hall–Kier alpha value is -2.31. The van der Waals surface area contributed by atoms with Gasteiger partial charge in [-0.3, -0.25) is 0 Å². The molecule has 0 aliphatic rings. The van der Waals surface area contributed by atoms with Crippen LogP contribution in [0, 0.1) is 0 Å². The molecule has 4 aromatic carbocycles. The first-order valence-corrected chi connectivity index (χ1v) is 7.17. The number of phenols is 2. The minimum atomic E-state index is 0. The Morgan fingerprint density at radius 2 is 0.870 bits per heavy atom. The molecule has 0 bridgehead atoms. The summed E-state index contributed by atoms with van der Waals surface area (Å²) in [6.45, 7) is 0. The summed E-state index contributed by atoms with van der Waals surface area (Å²) >= 11 is 0. The van der Waals surface area contributed by atoms with Gasteiger partial charge in [0.25, 0.3) is 0 Å². The average molecular weight is 470 g/mol. The second-order valence-electron chi connectivity index (χ2n) is 5.36. The van der Waals surface area contributed by atoms with E-state index >= 15 is 0 Å². The monoisotopic (exact) mass is 470 g/mol. The summed E-state index contributed by atoms with van der Waals surface area (Å²) in [6, 6.07) is 22.9. The first kappa shape index (κ1) is 15.6. The Morgan fingerprint density at radius 1 is 0.478 bits per heavy atom. The zero-order chi connectivity index (χ0) is 15.1. The summed E-state index contributed by atoms with van der Waals surface area (Å²) in [5.41, 5.74) is 1.35. The zero-order valence-electron chi connectivity index (χ0n) is 12.2. The van der Waals surface area contributed by atoms with Gasteiger partial charge in [-0.15, -0.1) is 0 Å². The summed E-state index contributed by atoms with van der Waals surface area (Å²) in [6.07, 6.45) is 0. The van der Waals surface area contributed by atoms with Crippen molar-refractivity contribution >= 4 is 21.5 Å². The van der Waals surface area contributed by atoms with E-state index in [4.69, 9.17) is 0 Å². The minimum Gasteiger partial charge on any atom is -0.507 e. The topological polar surface area (TPSA) is 40.5 Å². The van der Waals surface area contributed by atoms with Crippen molar-refractivity contribution in [2.24, 2.45) is 0 Å². The molecule has 0 atom stereocenters. The van der Waals surface area contributed by atoms with Crippen molar-refractivity contribution < 1.29 is 31.3 Å². The molecule has 0 aliphatic carbocycles. The van der Waals surface area contributed by atoms with Crippen molar-refractivity contribution in [2.75, 3.05) is 0 Å². The predicted molar refractivity (Wildman–Crippen MR) is 90.2 cm³/mol. The Morgan fingerprint density at radius 3 is 1.30 bits per heavy atom. The molecule has 112 valence electrons. The molecular formula is C20H14O2W. The van der Waals surface area contributed by atoms with Gasteiger partial charge in [0.1, 0.15) is 11.5 Å². The molecule has 0 aromatic heterocycles. The van der Waals surface area contributed by atoms with Crippen molar-refractivity contribution in [3.05, 3.63) is 72.8 Å². The van der Waals surface area contributed by atoms with Crippen LogP contribution in [0.25, 0.3) is 32.7 Å². The molecule has 0 saturated heterocycles. The van der Waals surface area contributed by atoms with Gasteiger partial charge < -0.3 is 10.2 Å². The Kier molecular flexibility index (Phi) is 4.10. The summed E-state index contributed by atoms with van der Waals surface area (Å²) in [5.74, 6) is 0.343. The zero-order valence-corrected chi connectivity index (χ0v) is 15.2. The predicted octanol–water partition coefficient (Wildman–Crippen LogP) is 5.07. The van der Waals surface area contributed by atoms with Gasteiger partial charge in [0.15, 0.2) is 0 Å². The maximum Gasteiger partial charge on any atom is 0.124 e. The van der Waals surface area contributed by atoms with E-state index in [2.05, 4.69) is 0 Å². The number of aromatic hydroxyl groups is 2. The van der Waals surface area contributed by atoms with Gasteiger partial charge in [-0.1, -0.05) is 60.7 Å². The van der Waals surface area contributed by atoms with Gasteiger partial charge in [0.05, 0.1) is 0 Å². The number of rotatable bonds is 1. The van der Waals surface area contributed by atoms with E-state index in [0.717, 1.165) is 21.5 Å². The van der Waals surface area contributed by atoms with Crippen LogP contribution < -0.4 is 0 Å². The van der Waals surface area contributed by atoms with E-state index in [0.29, 0.717) is 11.1 Å².